The lowest BCUT2D eigenvalue weighted by molar-refractivity contribution is -0.131. The van der Waals surface area contributed by atoms with Gasteiger partial charge in [-0.1, -0.05) is 6.07 Å². The number of rotatable bonds is 10. The fourth-order valence-corrected chi connectivity index (χ4v) is 3.71. The topological polar surface area (TPSA) is 106 Å². The first-order valence-corrected chi connectivity index (χ1v) is 11.9. The Kier molecular flexibility index (Phi) is 10.5. The van der Waals surface area contributed by atoms with Crippen LogP contribution in [0.1, 0.15) is 52.5 Å². The molecule has 0 bridgehead atoms. The molecule has 2 rings (SSSR count). The Morgan fingerprint density at radius 3 is 2.41 bits per heavy atom. The van der Waals surface area contributed by atoms with E-state index in [0.717, 1.165) is 18.4 Å². The van der Waals surface area contributed by atoms with Crippen molar-refractivity contribution in [2.45, 2.75) is 59.0 Å². The summed E-state index contributed by atoms with van der Waals surface area (Å²) < 4.78 is 16.0. The van der Waals surface area contributed by atoms with E-state index in [1.807, 2.05) is 25.1 Å². The highest BCUT2D eigenvalue weighted by atomic mass is 16.6. The molecule has 0 saturated carbocycles. The van der Waals surface area contributed by atoms with Gasteiger partial charge in [-0.15, -0.1) is 0 Å². The van der Waals surface area contributed by atoms with E-state index in [9.17, 15) is 14.4 Å². The highest BCUT2D eigenvalue weighted by molar-refractivity contribution is 5.82. The lowest BCUT2D eigenvalue weighted by Gasteiger charge is -2.32. The lowest BCUT2D eigenvalue weighted by Crippen LogP contribution is -2.46. The predicted molar refractivity (Wildman–Crippen MR) is 129 cm³/mol. The zero-order valence-electron chi connectivity index (χ0n) is 21.1. The molecule has 0 unspecified atom stereocenters. The Bertz CT molecular complexity index is 828. The van der Waals surface area contributed by atoms with Crippen molar-refractivity contribution in [3.05, 3.63) is 23.8 Å². The third kappa shape index (κ3) is 9.49. The number of amides is 3. The fourth-order valence-electron chi connectivity index (χ4n) is 3.71. The van der Waals surface area contributed by atoms with Crippen LogP contribution in [0.25, 0.3) is 0 Å². The van der Waals surface area contributed by atoms with Gasteiger partial charge < -0.3 is 29.7 Å². The van der Waals surface area contributed by atoms with Gasteiger partial charge in [-0.25, -0.2) is 4.79 Å². The molecule has 1 fully saturated rings. The van der Waals surface area contributed by atoms with Crippen molar-refractivity contribution in [1.29, 1.82) is 0 Å². The van der Waals surface area contributed by atoms with Gasteiger partial charge in [-0.05, 0) is 70.6 Å². The first-order valence-electron chi connectivity index (χ1n) is 11.9. The molecule has 2 N–H and O–H groups in total. The highest BCUT2D eigenvalue weighted by Crippen LogP contribution is 2.28. The number of nitrogens with one attached hydrogen (secondary N) is 2. The van der Waals surface area contributed by atoms with Gasteiger partial charge in [0.05, 0.1) is 13.7 Å². The average Bonchev–Trinajstić information content (AvgIpc) is 2.80. The molecule has 0 spiro atoms. The molecule has 1 saturated heterocycles. The third-order valence-corrected chi connectivity index (χ3v) is 5.51. The van der Waals surface area contributed by atoms with Crippen LogP contribution in [0.3, 0.4) is 0 Å². The van der Waals surface area contributed by atoms with Gasteiger partial charge in [0.15, 0.2) is 11.5 Å². The van der Waals surface area contributed by atoms with E-state index in [1.165, 1.54) is 0 Å². The number of aryl methyl sites for hydroxylation is 1. The molecule has 0 aliphatic carbocycles. The van der Waals surface area contributed by atoms with E-state index in [2.05, 4.69) is 10.6 Å². The predicted octanol–water partition coefficient (Wildman–Crippen LogP) is 2.91. The number of hydrogen-bond donors (Lipinski definition) is 2. The molecule has 0 aromatic heterocycles. The summed E-state index contributed by atoms with van der Waals surface area (Å²) in [5, 5.41) is 5.52. The summed E-state index contributed by atoms with van der Waals surface area (Å²) in [7, 11) is 1.60. The second kappa shape index (κ2) is 13.1. The minimum atomic E-state index is -0.600. The Labute approximate surface area is 202 Å². The number of piperidine rings is 1. The van der Waals surface area contributed by atoms with Gasteiger partial charge >= 0.3 is 6.09 Å². The summed E-state index contributed by atoms with van der Waals surface area (Å²) in [6.07, 6.45) is 2.04. The maximum atomic E-state index is 12.3. The molecule has 9 nitrogen and oxygen atoms in total. The van der Waals surface area contributed by atoms with Crippen molar-refractivity contribution in [1.82, 2.24) is 15.5 Å². The second-order valence-electron chi connectivity index (χ2n) is 9.40. The molecular weight excluding hydrogens is 438 g/mol. The number of methoxy groups -OCH3 is 1. The van der Waals surface area contributed by atoms with Gasteiger partial charge in [0.2, 0.25) is 11.8 Å². The minimum absolute atomic E-state index is 0.00733. The van der Waals surface area contributed by atoms with Crippen LogP contribution in [0, 0.1) is 5.92 Å². The molecule has 34 heavy (non-hydrogen) atoms. The van der Waals surface area contributed by atoms with Crippen LogP contribution >= 0.6 is 0 Å². The standard InChI is InChI=1S/C25H39N3O6/c1-6-33-20-9-7-18(15-21(20)32-5)8-10-22(29)26-16-19-11-13-28(14-12-19)23(30)17-27-24(31)34-25(2,3)4/h7,9,15,19H,6,8,10-14,16-17H2,1-5H3,(H,26,29)(H,27,31). The summed E-state index contributed by atoms with van der Waals surface area (Å²) in [5.41, 5.74) is 0.416. The smallest absolute Gasteiger partial charge is 0.408 e. The van der Waals surface area contributed by atoms with Gasteiger partial charge in [-0.2, -0.15) is 0 Å². The zero-order chi connectivity index (χ0) is 25.1. The maximum absolute atomic E-state index is 12.3. The molecule has 1 aromatic carbocycles. The number of nitrogens with zero attached hydrogens (tertiary/aromatic N) is 1. The van der Waals surface area contributed by atoms with E-state index in [-0.39, 0.29) is 18.4 Å². The quantitative estimate of drug-likeness (QED) is 0.537. The third-order valence-electron chi connectivity index (χ3n) is 5.51. The maximum Gasteiger partial charge on any atom is 0.408 e. The van der Waals surface area contributed by atoms with Crippen LogP contribution in [0.4, 0.5) is 4.79 Å². The van der Waals surface area contributed by atoms with Crippen LogP contribution in [-0.4, -0.2) is 68.3 Å². The van der Waals surface area contributed by atoms with Gasteiger partial charge in [0.1, 0.15) is 12.1 Å². The van der Waals surface area contributed by atoms with Crippen molar-refractivity contribution >= 4 is 17.9 Å². The van der Waals surface area contributed by atoms with Crippen molar-refractivity contribution < 1.29 is 28.6 Å². The van der Waals surface area contributed by atoms with Crippen LogP contribution in [0.5, 0.6) is 11.5 Å². The summed E-state index contributed by atoms with van der Waals surface area (Å²) in [6, 6.07) is 5.72. The van der Waals surface area contributed by atoms with Crippen molar-refractivity contribution in [2.24, 2.45) is 5.92 Å². The Morgan fingerprint density at radius 1 is 1.09 bits per heavy atom. The van der Waals surface area contributed by atoms with E-state index in [1.54, 1.807) is 32.8 Å². The number of hydrogen-bond acceptors (Lipinski definition) is 6. The fraction of sp³-hybridized carbons (Fsp3) is 0.640. The number of alkyl carbamates (subject to hydrolysis) is 1. The molecule has 3 amide bonds. The van der Waals surface area contributed by atoms with Crippen LogP contribution < -0.4 is 20.1 Å². The molecule has 0 radical (unpaired) electrons. The van der Waals surface area contributed by atoms with E-state index in [0.29, 0.717) is 56.5 Å². The highest BCUT2D eigenvalue weighted by Gasteiger charge is 2.24. The summed E-state index contributed by atoms with van der Waals surface area (Å²) >= 11 is 0. The molecule has 190 valence electrons. The average molecular weight is 478 g/mol. The molecule has 0 atom stereocenters. The van der Waals surface area contributed by atoms with Crippen molar-refractivity contribution in [2.75, 3.05) is 39.9 Å². The molecular formula is C25H39N3O6. The van der Waals surface area contributed by atoms with Crippen LogP contribution in [0.15, 0.2) is 18.2 Å². The summed E-state index contributed by atoms with van der Waals surface area (Å²) in [4.78, 5) is 38.1. The summed E-state index contributed by atoms with van der Waals surface area (Å²) in [5.74, 6) is 1.58. The Morgan fingerprint density at radius 2 is 1.79 bits per heavy atom. The monoisotopic (exact) mass is 477 g/mol. The van der Waals surface area contributed by atoms with Gasteiger partial charge in [0, 0.05) is 26.1 Å². The van der Waals surface area contributed by atoms with Crippen LogP contribution in [0.2, 0.25) is 0 Å². The van der Waals surface area contributed by atoms with Crippen molar-refractivity contribution in [3.8, 4) is 11.5 Å². The second-order valence-corrected chi connectivity index (χ2v) is 9.40. The molecule has 1 aromatic rings. The number of benzene rings is 1. The van der Waals surface area contributed by atoms with E-state index >= 15 is 0 Å². The molecule has 1 aliphatic heterocycles. The van der Waals surface area contributed by atoms with E-state index < -0.39 is 11.7 Å². The van der Waals surface area contributed by atoms with Gasteiger partial charge in [0.25, 0.3) is 0 Å². The summed E-state index contributed by atoms with van der Waals surface area (Å²) in [6.45, 7) is 9.55. The molecule has 1 heterocycles. The minimum Gasteiger partial charge on any atom is -0.493 e. The zero-order valence-corrected chi connectivity index (χ0v) is 21.1. The first-order chi connectivity index (χ1) is 16.1. The molecule has 9 heteroatoms. The number of carbonyl (C=O) groups is 3. The molecule has 1 aliphatic rings. The Balaban J connectivity index is 1.66. The normalized spacial score (nSPS) is 14.3. The van der Waals surface area contributed by atoms with Crippen molar-refractivity contribution in [3.63, 3.8) is 0 Å². The Hall–Kier alpha value is -2.97. The first kappa shape index (κ1) is 27.3. The van der Waals surface area contributed by atoms with Crippen LogP contribution in [-0.2, 0) is 20.7 Å². The number of ether oxygens (including phenoxy) is 3. The van der Waals surface area contributed by atoms with Gasteiger partial charge in [-0.3, -0.25) is 9.59 Å². The van der Waals surface area contributed by atoms with E-state index in [4.69, 9.17) is 14.2 Å². The SMILES string of the molecule is CCOc1ccc(CCC(=O)NCC2CCN(C(=O)CNC(=O)OC(C)(C)C)CC2)cc1OC. The number of likely N-dealkylation sites (tertiary alicyclic amines) is 1. The largest absolute Gasteiger partial charge is 0.493 e. The lowest BCUT2D eigenvalue weighted by atomic mass is 9.96. The number of carbonyl (C=O) groups excluding carboxylic acids is 3.